The molecule has 8 heteroatoms. The maximum Gasteiger partial charge on any atom is 0.453 e. The van der Waals surface area contributed by atoms with Gasteiger partial charge in [-0.3, -0.25) is 0 Å². The molecule has 85 valence electrons. The first-order valence-corrected chi connectivity index (χ1v) is 4.69. The van der Waals surface area contributed by atoms with Gasteiger partial charge >= 0.3 is 6.18 Å². The Morgan fingerprint density at radius 3 is 2.38 bits per heavy atom. The van der Waals surface area contributed by atoms with Crippen LogP contribution in [0.4, 0.5) is 13.2 Å². The maximum atomic E-state index is 12.4. The molecule has 0 atom stereocenters. The van der Waals surface area contributed by atoms with Gasteiger partial charge in [0.15, 0.2) is 0 Å². The summed E-state index contributed by atoms with van der Waals surface area (Å²) in [5.74, 6) is -1.35. The number of hydrogen-bond donors (Lipinski definition) is 0. The fourth-order valence-electron chi connectivity index (χ4n) is 1.18. The first-order chi connectivity index (χ1) is 7.30. The monoisotopic (exact) mass is 247 g/mol. The summed E-state index contributed by atoms with van der Waals surface area (Å²) in [6, 6.07) is 0. The number of hydrogen-bond acceptors (Lipinski definition) is 3. The lowest BCUT2D eigenvalue weighted by Gasteiger charge is -2.02. The van der Waals surface area contributed by atoms with Crippen LogP contribution in [0.15, 0.2) is 5.03 Å². The summed E-state index contributed by atoms with van der Waals surface area (Å²) in [6.07, 6.45) is -4.59. The molecule has 1 radical (unpaired) electrons. The zero-order valence-corrected chi connectivity index (χ0v) is 9.15. The molecule has 0 aromatic carbocycles. The van der Waals surface area contributed by atoms with E-state index < -0.39 is 12.0 Å². The fraction of sp³-hybridized carbons (Fsp3) is 0.375. The summed E-state index contributed by atoms with van der Waals surface area (Å²) in [5, 5.41) is 3.50. The van der Waals surface area contributed by atoms with Crippen molar-refractivity contribution in [2.45, 2.75) is 25.0 Å². The van der Waals surface area contributed by atoms with Gasteiger partial charge in [-0.05, 0) is 13.8 Å². The van der Waals surface area contributed by atoms with Crippen molar-refractivity contribution in [2.24, 2.45) is 0 Å². The van der Waals surface area contributed by atoms with E-state index in [2.05, 4.69) is 15.1 Å². The Balaban J connectivity index is 2.77. The lowest BCUT2D eigenvalue weighted by atomic mass is 10.3. The summed E-state index contributed by atoms with van der Waals surface area (Å²) in [4.78, 5) is 7.19. The third kappa shape index (κ3) is 1.58. The predicted molar refractivity (Wildman–Crippen MR) is 51.1 cm³/mol. The quantitative estimate of drug-likeness (QED) is 0.671. The Hall–Kier alpha value is -1.44. The highest BCUT2D eigenvalue weighted by Crippen LogP contribution is 2.27. The van der Waals surface area contributed by atoms with Crippen LogP contribution in [0.1, 0.15) is 17.1 Å². The zero-order chi connectivity index (χ0) is 12.1. The normalized spacial score (nSPS) is 12.3. The summed E-state index contributed by atoms with van der Waals surface area (Å²) >= 11 is 4.97. The molecule has 16 heavy (non-hydrogen) atoms. The van der Waals surface area contributed by atoms with Crippen LogP contribution in [0.5, 0.6) is 0 Å². The van der Waals surface area contributed by atoms with Crippen molar-refractivity contribution in [1.82, 2.24) is 19.6 Å². The van der Waals surface area contributed by atoms with Crippen LogP contribution in [0.2, 0.25) is 0 Å². The van der Waals surface area contributed by atoms with Crippen molar-refractivity contribution in [1.29, 1.82) is 0 Å². The van der Waals surface area contributed by atoms with Gasteiger partial charge in [-0.1, -0.05) is 12.6 Å². The second-order valence-corrected chi connectivity index (χ2v) is 3.66. The van der Waals surface area contributed by atoms with Gasteiger partial charge in [-0.25, -0.2) is 4.98 Å². The van der Waals surface area contributed by atoms with Gasteiger partial charge in [0.05, 0.1) is 0 Å². The number of aryl methyl sites for hydroxylation is 1. The van der Waals surface area contributed by atoms with Crippen molar-refractivity contribution in [3.63, 3.8) is 0 Å². The van der Waals surface area contributed by atoms with Crippen molar-refractivity contribution in [3.8, 4) is 0 Å². The van der Waals surface area contributed by atoms with Crippen molar-refractivity contribution in [3.05, 3.63) is 17.1 Å². The molecule has 0 spiro atoms. The highest BCUT2D eigenvalue weighted by molar-refractivity contribution is 7.80. The highest BCUT2D eigenvalue weighted by atomic mass is 32.1. The van der Waals surface area contributed by atoms with Gasteiger partial charge in [0, 0.05) is 11.3 Å². The SMILES string of the molecule is Cc1nc2nc(C(F)(F)F)nn2c([S])c1C. The first kappa shape index (κ1) is 11.1. The van der Waals surface area contributed by atoms with Crippen LogP contribution in [0.3, 0.4) is 0 Å². The minimum atomic E-state index is -4.59. The van der Waals surface area contributed by atoms with Gasteiger partial charge in [0.2, 0.25) is 0 Å². The Morgan fingerprint density at radius 1 is 1.19 bits per heavy atom. The standard InChI is InChI=1S/C8H6F3N4S/c1-3-4(2)12-7-13-6(8(9,10)11)14-15(7)5(3)16/h1-2H3. The Labute approximate surface area is 93.9 Å². The average Bonchev–Trinajstić information content (AvgIpc) is 2.57. The fourth-order valence-corrected chi connectivity index (χ4v) is 1.45. The predicted octanol–water partition coefficient (Wildman–Crippen LogP) is 2.32. The second kappa shape index (κ2) is 3.27. The molecular weight excluding hydrogens is 241 g/mol. The number of aromatic nitrogens is 4. The van der Waals surface area contributed by atoms with Gasteiger partial charge < -0.3 is 0 Å². The Morgan fingerprint density at radius 2 is 1.81 bits per heavy atom. The molecule has 0 saturated heterocycles. The van der Waals surface area contributed by atoms with E-state index in [-0.39, 0.29) is 10.8 Å². The highest BCUT2D eigenvalue weighted by Gasteiger charge is 2.36. The van der Waals surface area contributed by atoms with E-state index in [4.69, 9.17) is 12.6 Å². The van der Waals surface area contributed by atoms with Crippen molar-refractivity contribution < 1.29 is 13.2 Å². The van der Waals surface area contributed by atoms with E-state index in [0.717, 1.165) is 4.52 Å². The van der Waals surface area contributed by atoms with E-state index in [9.17, 15) is 13.2 Å². The van der Waals surface area contributed by atoms with Crippen LogP contribution < -0.4 is 0 Å². The maximum absolute atomic E-state index is 12.4. The number of alkyl halides is 3. The lowest BCUT2D eigenvalue weighted by Crippen LogP contribution is -2.07. The molecule has 2 aromatic rings. The second-order valence-electron chi connectivity index (χ2n) is 3.27. The van der Waals surface area contributed by atoms with E-state index in [1.165, 1.54) is 0 Å². The molecule has 0 N–H and O–H groups in total. The molecule has 0 saturated carbocycles. The molecule has 4 nitrogen and oxygen atoms in total. The topological polar surface area (TPSA) is 43.1 Å². The molecule has 2 heterocycles. The van der Waals surface area contributed by atoms with E-state index in [0.29, 0.717) is 11.3 Å². The number of halogens is 3. The minimum absolute atomic E-state index is 0.125. The molecule has 0 bridgehead atoms. The van der Waals surface area contributed by atoms with E-state index in [1.54, 1.807) is 13.8 Å². The number of nitrogens with zero attached hydrogens (tertiary/aromatic N) is 4. The molecule has 0 aliphatic rings. The summed E-state index contributed by atoms with van der Waals surface area (Å²) in [7, 11) is 0. The van der Waals surface area contributed by atoms with Crippen LogP contribution in [-0.2, 0) is 6.18 Å². The average molecular weight is 247 g/mol. The number of rotatable bonds is 0. The molecule has 2 rings (SSSR count). The molecule has 0 fully saturated rings. The summed E-state index contributed by atoms with van der Waals surface area (Å²) in [6.45, 7) is 3.34. The molecule has 0 amide bonds. The number of fused-ring (bicyclic) bond motifs is 1. The van der Waals surface area contributed by atoms with Crippen LogP contribution >= 0.6 is 12.6 Å². The largest absolute Gasteiger partial charge is 0.453 e. The first-order valence-electron chi connectivity index (χ1n) is 4.29. The smallest absolute Gasteiger partial charge is 0.216 e. The molecule has 0 aliphatic carbocycles. The lowest BCUT2D eigenvalue weighted by molar-refractivity contribution is -0.144. The zero-order valence-electron chi connectivity index (χ0n) is 8.33. The Kier molecular flexibility index (Phi) is 2.26. The molecule has 0 unspecified atom stereocenters. The van der Waals surface area contributed by atoms with Crippen LogP contribution in [-0.4, -0.2) is 19.6 Å². The van der Waals surface area contributed by atoms with Gasteiger partial charge in [0.25, 0.3) is 11.6 Å². The van der Waals surface area contributed by atoms with Crippen molar-refractivity contribution in [2.75, 3.05) is 0 Å². The van der Waals surface area contributed by atoms with Gasteiger partial charge in [-0.2, -0.15) is 22.7 Å². The Bertz CT molecular complexity index is 560. The van der Waals surface area contributed by atoms with Crippen LogP contribution in [0.25, 0.3) is 5.78 Å². The van der Waals surface area contributed by atoms with Gasteiger partial charge in [0.1, 0.15) is 5.03 Å². The molecule has 0 aliphatic heterocycles. The van der Waals surface area contributed by atoms with Crippen LogP contribution in [0, 0.1) is 13.8 Å². The molecule has 2 aromatic heterocycles. The van der Waals surface area contributed by atoms with E-state index >= 15 is 0 Å². The molecular formula is C8H6F3N4S. The third-order valence-electron chi connectivity index (χ3n) is 2.17. The van der Waals surface area contributed by atoms with Gasteiger partial charge in [-0.15, -0.1) is 5.10 Å². The third-order valence-corrected chi connectivity index (χ3v) is 2.65. The summed E-state index contributed by atoms with van der Waals surface area (Å²) < 4.78 is 38.0. The summed E-state index contributed by atoms with van der Waals surface area (Å²) in [5.41, 5.74) is 1.18. The van der Waals surface area contributed by atoms with E-state index in [1.807, 2.05) is 0 Å². The minimum Gasteiger partial charge on any atom is -0.216 e. The van der Waals surface area contributed by atoms with Crippen molar-refractivity contribution >= 4 is 18.4 Å².